The van der Waals surface area contributed by atoms with E-state index >= 15 is 0 Å². The van der Waals surface area contributed by atoms with Gasteiger partial charge in [-0.1, -0.05) is 31.2 Å². The van der Waals surface area contributed by atoms with Crippen LogP contribution in [0.25, 0.3) is 11.1 Å². The maximum absolute atomic E-state index is 4.22. The molecule has 1 aromatic heterocycles. The van der Waals surface area contributed by atoms with Crippen molar-refractivity contribution in [2.45, 2.75) is 20.4 Å². The first kappa shape index (κ1) is 11.8. The molecule has 1 aromatic carbocycles. The van der Waals surface area contributed by atoms with Crippen LogP contribution in [0.2, 0.25) is 0 Å². The molecule has 0 saturated heterocycles. The van der Waals surface area contributed by atoms with Gasteiger partial charge in [0, 0.05) is 24.5 Å². The van der Waals surface area contributed by atoms with E-state index < -0.39 is 0 Å². The third-order valence-electron chi connectivity index (χ3n) is 2.91. The lowest BCUT2D eigenvalue weighted by Crippen LogP contribution is -2.12. The highest BCUT2D eigenvalue weighted by atomic mass is 14.8. The number of rotatable bonds is 4. The van der Waals surface area contributed by atoms with Crippen molar-refractivity contribution in [2.24, 2.45) is 0 Å². The van der Waals surface area contributed by atoms with Gasteiger partial charge in [-0.2, -0.15) is 0 Å². The fourth-order valence-electron chi connectivity index (χ4n) is 1.94. The number of benzene rings is 1. The van der Waals surface area contributed by atoms with Gasteiger partial charge in [-0.05, 0) is 36.2 Å². The van der Waals surface area contributed by atoms with Gasteiger partial charge in [0.15, 0.2) is 0 Å². The zero-order valence-electron chi connectivity index (χ0n) is 10.4. The number of nitrogens with zero attached hydrogens (tertiary/aromatic N) is 1. The minimum Gasteiger partial charge on any atom is -0.313 e. The number of aryl methyl sites for hydroxylation is 1. The lowest BCUT2D eigenvalue weighted by molar-refractivity contribution is 0.728. The Balaban J connectivity index is 2.41. The average Bonchev–Trinajstić information content (AvgIpc) is 2.37. The Bertz CT molecular complexity index is 492. The van der Waals surface area contributed by atoms with Gasteiger partial charge in [0.05, 0.1) is 0 Å². The highest BCUT2D eigenvalue weighted by Gasteiger charge is 2.06. The largest absolute Gasteiger partial charge is 0.313 e. The average molecular weight is 226 g/mol. The van der Waals surface area contributed by atoms with Gasteiger partial charge in [-0.25, -0.2) is 0 Å². The highest BCUT2D eigenvalue weighted by molar-refractivity contribution is 5.69. The van der Waals surface area contributed by atoms with E-state index in [0.29, 0.717) is 0 Å². The summed E-state index contributed by atoms with van der Waals surface area (Å²) >= 11 is 0. The Morgan fingerprint density at radius 1 is 1.12 bits per heavy atom. The predicted molar refractivity (Wildman–Crippen MR) is 71.8 cm³/mol. The SMILES string of the molecule is CCNCc1ccccc1-c1cnccc1C. The number of hydrogen-bond donors (Lipinski definition) is 1. The van der Waals surface area contributed by atoms with Gasteiger partial charge >= 0.3 is 0 Å². The molecule has 0 bridgehead atoms. The summed E-state index contributed by atoms with van der Waals surface area (Å²) in [4.78, 5) is 4.22. The molecule has 17 heavy (non-hydrogen) atoms. The van der Waals surface area contributed by atoms with Crippen LogP contribution in [0.3, 0.4) is 0 Å². The van der Waals surface area contributed by atoms with Gasteiger partial charge < -0.3 is 5.32 Å². The smallest absolute Gasteiger partial charge is 0.0349 e. The maximum Gasteiger partial charge on any atom is 0.0349 e. The molecule has 0 aliphatic carbocycles. The molecule has 0 spiro atoms. The Morgan fingerprint density at radius 3 is 2.71 bits per heavy atom. The van der Waals surface area contributed by atoms with Gasteiger partial charge in [-0.3, -0.25) is 4.98 Å². The van der Waals surface area contributed by atoms with Crippen LogP contribution in [0.15, 0.2) is 42.7 Å². The predicted octanol–water partition coefficient (Wildman–Crippen LogP) is 3.17. The summed E-state index contributed by atoms with van der Waals surface area (Å²) in [6.07, 6.45) is 3.78. The van der Waals surface area contributed by atoms with Gasteiger partial charge in [0.25, 0.3) is 0 Å². The van der Waals surface area contributed by atoms with Crippen LogP contribution in [0.4, 0.5) is 0 Å². The zero-order valence-corrected chi connectivity index (χ0v) is 10.4. The Labute approximate surface area is 103 Å². The maximum atomic E-state index is 4.22. The van der Waals surface area contributed by atoms with Crippen LogP contribution in [0.5, 0.6) is 0 Å². The molecule has 0 fully saturated rings. The van der Waals surface area contributed by atoms with Crippen LogP contribution >= 0.6 is 0 Å². The fraction of sp³-hybridized carbons (Fsp3) is 0.267. The van der Waals surface area contributed by atoms with Crippen LogP contribution in [0, 0.1) is 6.92 Å². The Kier molecular flexibility index (Phi) is 3.89. The number of aromatic nitrogens is 1. The molecular formula is C15H18N2. The molecule has 1 heterocycles. The molecule has 0 aliphatic rings. The summed E-state index contributed by atoms with van der Waals surface area (Å²) in [5, 5.41) is 3.37. The molecule has 0 unspecified atom stereocenters. The molecule has 0 aliphatic heterocycles. The van der Waals surface area contributed by atoms with Gasteiger partial charge in [-0.15, -0.1) is 0 Å². The van der Waals surface area contributed by atoms with Crippen molar-refractivity contribution < 1.29 is 0 Å². The normalized spacial score (nSPS) is 10.5. The first-order valence-corrected chi connectivity index (χ1v) is 6.02. The second-order valence-electron chi connectivity index (χ2n) is 4.13. The van der Waals surface area contributed by atoms with Crippen LogP contribution in [0.1, 0.15) is 18.1 Å². The van der Waals surface area contributed by atoms with E-state index in [4.69, 9.17) is 0 Å². The molecule has 2 aromatic rings. The monoisotopic (exact) mass is 226 g/mol. The first-order chi connectivity index (χ1) is 8.33. The van der Waals surface area contributed by atoms with Crippen molar-refractivity contribution in [2.75, 3.05) is 6.54 Å². The topological polar surface area (TPSA) is 24.9 Å². The summed E-state index contributed by atoms with van der Waals surface area (Å²) in [6.45, 7) is 6.14. The van der Waals surface area contributed by atoms with Crippen LogP contribution in [-0.4, -0.2) is 11.5 Å². The van der Waals surface area contributed by atoms with Crippen molar-refractivity contribution in [3.05, 3.63) is 53.9 Å². The third kappa shape index (κ3) is 2.71. The third-order valence-corrected chi connectivity index (χ3v) is 2.91. The fourth-order valence-corrected chi connectivity index (χ4v) is 1.94. The lowest BCUT2D eigenvalue weighted by Gasteiger charge is -2.11. The van der Waals surface area contributed by atoms with Gasteiger partial charge in [0.1, 0.15) is 0 Å². The van der Waals surface area contributed by atoms with E-state index in [1.165, 1.54) is 22.3 Å². The zero-order chi connectivity index (χ0) is 12.1. The molecule has 88 valence electrons. The van der Waals surface area contributed by atoms with Gasteiger partial charge in [0.2, 0.25) is 0 Å². The van der Waals surface area contributed by atoms with Crippen LogP contribution in [-0.2, 0) is 6.54 Å². The van der Waals surface area contributed by atoms with Crippen molar-refractivity contribution in [3.63, 3.8) is 0 Å². The molecule has 0 atom stereocenters. The van der Waals surface area contributed by atoms with E-state index in [-0.39, 0.29) is 0 Å². The molecule has 2 heteroatoms. The molecule has 2 rings (SSSR count). The first-order valence-electron chi connectivity index (χ1n) is 6.02. The summed E-state index contributed by atoms with van der Waals surface area (Å²) in [7, 11) is 0. The van der Waals surface area contributed by atoms with Crippen molar-refractivity contribution in [1.29, 1.82) is 0 Å². The van der Waals surface area contributed by atoms with E-state index in [2.05, 4.69) is 54.5 Å². The summed E-state index contributed by atoms with van der Waals surface area (Å²) in [5.41, 5.74) is 5.09. The summed E-state index contributed by atoms with van der Waals surface area (Å²) in [5.74, 6) is 0. The van der Waals surface area contributed by atoms with Crippen LogP contribution < -0.4 is 5.32 Å². The lowest BCUT2D eigenvalue weighted by atomic mass is 9.98. The summed E-state index contributed by atoms with van der Waals surface area (Å²) < 4.78 is 0. The number of hydrogen-bond acceptors (Lipinski definition) is 2. The number of nitrogens with one attached hydrogen (secondary N) is 1. The molecule has 0 radical (unpaired) electrons. The molecule has 0 saturated carbocycles. The molecule has 2 nitrogen and oxygen atoms in total. The molecule has 1 N–H and O–H groups in total. The standard InChI is InChI=1S/C15H18N2/c1-3-16-10-13-6-4-5-7-14(13)15-11-17-9-8-12(15)2/h4-9,11,16H,3,10H2,1-2H3. The molecular weight excluding hydrogens is 208 g/mol. The number of pyridine rings is 1. The minimum atomic E-state index is 0.904. The quantitative estimate of drug-likeness (QED) is 0.866. The highest BCUT2D eigenvalue weighted by Crippen LogP contribution is 2.25. The van der Waals surface area contributed by atoms with Crippen molar-refractivity contribution in [3.8, 4) is 11.1 Å². The van der Waals surface area contributed by atoms with Crippen molar-refractivity contribution >= 4 is 0 Å². The van der Waals surface area contributed by atoms with E-state index in [1.54, 1.807) is 0 Å². The second-order valence-corrected chi connectivity index (χ2v) is 4.13. The summed E-state index contributed by atoms with van der Waals surface area (Å²) in [6, 6.07) is 10.6. The minimum absolute atomic E-state index is 0.904. The second kappa shape index (κ2) is 5.60. The van der Waals surface area contributed by atoms with E-state index in [0.717, 1.165) is 13.1 Å². The Morgan fingerprint density at radius 2 is 1.94 bits per heavy atom. The Hall–Kier alpha value is -1.67. The van der Waals surface area contributed by atoms with E-state index in [1.807, 2.05) is 12.4 Å². The molecule has 0 amide bonds. The van der Waals surface area contributed by atoms with Crippen molar-refractivity contribution in [1.82, 2.24) is 10.3 Å². The van der Waals surface area contributed by atoms with E-state index in [9.17, 15) is 0 Å².